The van der Waals surface area contributed by atoms with E-state index in [9.17, 15) is 8.42 Å². The van der Waals surface area contributed by atoms with E-state index in [1.165, 1.54) is 6.26 Å². The Hall–Kier alpha value is -1.33. The number of hydrogen-bond donors (Lipinski definition) is 1. The van der Waals surface area contributed by atoms with Gasteiger partial charge in [-0.15, -0.1) is 0 Å². The molecule has 92 valence electrons. The van der Waals surface area contributed by atoms with Gasteiger partial charge in [-0.1, -0.05) is 6.07 Å². The molecular formula is C12H16N2O2S. The molecule has 0 aliphatic heterocycles. The van der Waals surface area contributed by atoms with E-state index < -0.39 is 9.84 Å². The van der Waals surface area contributed by atoms with E-state index in [4.69, 9.17) is 5.73 Å². The zero-order valence-corrected chi connectivity index (χ0v) is 10.8. The second-order valence-corrected chi connectivity index (χ2v) is 6.21. The Bertz CT molecular complexity index is 656. The number of nitrogens with two attached hydrogens (primary N) is 1. The van der Waals surface area contributed by atoms with E-state index in [1.54, 1.807) is 12.1 Å². The van der Waals surface area contributed by atoms with Crippen LogP contribution >= 0.6 is 0 Å². The van der Waals surface area contributed by atoms with Gasteiger partial charge in [0, 0.05) is 30.4 Å². The predicted molar refractivity (Wildman–Crippen MR) is 68.8 cm³/mol. The van der Waals surface area contributed by atoms with E-state index in [0.29, 0.717) is 17.9 Å². The molecule has 1 aromatic carbocycles. The maximum Gasteiger partial charge on any atom is 0.176 e. The summed E-state index contributed by atoms with van der Waals surface area (Å²) in [7, 11) is -1.30. The second kappa shape index (κ2) is 4.16. The molecule has 0 spiro atoms. The van der Waals surface area contributed by atoms with E-state index in [1.807, 2.05) is 23.9 Å². The predicted octanol–water partition coefficient (Wildman–Crippen LogP) is 1.08. The second-order valence-electron chi connectivity index (χ2n) is 4.23. The Morgan fingerprint density at radius 2 is 2.06 bits per heavy atom. The third-order valence-electron chi connectivity index (χ3n) is 2.87. The van der Waals surface area contributed by atoms with Crippen molar-refractivity contribution in [3.05, 3.63) is 30.0 Å². The van der Waals surface area contributed by atoms with Crippen molar-refractivity contribution in [2.24, 2.45) is 12.8 Å². The molecule has 0 atom stereocenters. The lowest BCUT2D eigenvalue weighted by molar-refractivity contribution is 0.602. The van der Waals surface area contributed by atoms with Gasteiger partial charge in [-0.25, -0.2) is 8.42 Å². The zero-order chi connectivity index (χ0) is 12.6. The van der Waals surface area contributed by atoms with Crippen molar-refractivity contribution in [3.8, 4) is 0 Å². The third-order valence-corrected chi connectivity index (χ3v) is 4.01. The molecule has 0 radical (unpaired) electrons. The van der Waals surface area contributed by atoms with Crippen LogP contribution in [-0.2, 0) is 23.3 Å². The highest BCUT2D eigenvalue weighted by Crippen LogP contribution is 2.28. The minimum atomic E-state index is -3.21. The molecule has 0 saturated carbocycles. The summed E-state index contributed by atoms with van der Waals surface area (Å²) in [5.41, 5.74) is 7.48. The average Bonchev–Trinajstić information content (AvgIpc) is 2.55. The van der Waals surface area contributed by atoms with Gasteiger partial charge in [-0.2, -0.15) is 0 Å². The van der Waals surface area contributed by atoms with Crippen LogP contribution in [0.1, 0.15) is 5.56 Å². The first-order valence-electron chi connectivity index (χ1n) is 5.42. The van der Waals surface area contributed by atoms with E-state index in [2.05, 4.69) is 0 Å². The van der Waals surface area contributed by atoms with Gasteiger partial charge in [0.2, 0.25) is 0 Å². The first kappa shape index (κ1) is 12.1. The first-order valence-corrected chi connectivity index (χ1v) is 7.31. The minimum absolute atomic E-state index is 0.388. The Labute approximate surface area is 101 Å². The molecule has 0 fully saturated rings. The van der Waals surface area contributed by atoms with Gasteiger partial charge in [0.1, 0.15) is 0 Å². The van der Waals surface area contributed by atoms with E-state index in [0.717, 1.165) is 16.5 Å². The van der Waals surface area contributed by atoms with Gasteiger partial charge in [-0.05, 0) is 30.7 Å². The summed E-state index contributed by atoms with van der Waals surface area (Å²) in [4.78, 5) is 0.388. The van der Waals surface area contributed by atoms with Crippen LogP contribution < -0.4 is 5.73 Å². The Balaban J connectivity index is 2.86. The van der Waals surface area contributed by atoms with Crippen molar-refractivity contribution in [2.45, 2.75) is 11.3 Å². The summed E-state index contributed by atoms with van der Waals surface area (Å²) < 4.78 is 25.5. The van der Waals surface area contributed by atoms with E-state index >= 15 is 0 Å². The van der Waals surface area contributed by atoms with Crippen molar-refractivity contribution in [1.82, 2.24) is 4.57 Å². The lowest BCUT2D eigenvalue weighted by atomic mass is 10.1. The lowest BCUT2D eigenvalue weighted by Gasteiger charge is -2.03. The molecule has 2 rings (SSSR count). The SMILES string of the molecule is Cn1cc(CCN)c2c(S(C)(=O)=O)cccc21. The minimum Gasteiger partial charge on any atom is -0.350 e. The molecule has 1 aromatic heterocycles. The van der Waals surface area contributed by atoms with Crippen molar-refractivity contribution >= 4 is 20.7 Å². The Morgan fingerprint density at radius 1 is 1.35 bits per heavy atom. The third kappa shape index (κ3) is 2.08. The number of hydrogen-bond acceptors (Lipinski definition) is 3. The monoisotopic (exact) mass is 252 g/mol. The van der Waals surface area contributed by atoms with Gasteiger partial charge in [0.25, 0.3) is 0 Å². The molecule has 0 saturated heterocycles. The van der Waals surface area contributed by atoms with Gasteiger partial charge >= 0.3 is 0 Å². The number of aromatic nitrogens is 1. The zero-order valence-electron chi connectivity index (χ0n) is 9.97. The maximum atomic E-state index is 11.8. The fourth-order valence-corrected chi connectivity index (χ4v) is 3.09. The quantitative estimate of drug-likeness (QED) is 0.889. The van der Waals surface area contributed by atoms with Crippen LogP contribution in [0, 0.1) is 0 Å². The van der Waals surface area contributed by atoms with Crippen LogP contribution in [0.25, 0.3) is 10.9 Å². The molecule has 17 heavy (non-hydrogen) atoms. The Kier molecular flexibility index (Phi) is 2.97. The van der Waals surface area contributed by atoms with Crippen LogP contribution in [-0.4, -0.2) is 25.8 Å². The van der Waals surface area contributed by atoms with Crippen molar-refractivity contribution in [1.29, 1.82) is 0 Å². The topological polar surface area (TPSA) is 65.1 Å². The van der Waals surface area contributed by atoms with Crippen LogP contribution in [0.3, 0.4) is 0 Å². The number of benzene rings is 1. The Morgan fingerprint density at radius 3 is 2.65 bits per heavy atom. The van der Waals surface area contributed by atoms with E-state index in [-0.39, 0.29) is 0 Å². The highest BCUT2D eigenvalue weighted by molar-refractivity contribution is 7.91. The average molecular weight is 252 g/mol. The van der Waals surface area contributed by atoms with Crippen LogP contribution in [0.4, 0.5) is 0 Å². The summed E-state index contributed by atoms with van der Waals surface area (Å²) in [6.45, 7) is 0.511. The molecule has 4 nitrogen and oxygen atoms in total. The van der Waals surface area contributed by atoms with Gasteiger partial charge in [0.15, 0.2) is 9.84 Å². The molecule has 0 bridgehead atoms. The molecule has 1 heterocycles. The van der Waals surface area contributed by atoms with Crippen molar-refractivity contribution in [2.75, 3.05) is 12.8 Å². The largest absolute Gasteiger partial charge is 0.350 e. The number of fused-ring (bicyclic) bond motifs is 1. The standard InChI is InChI=1S/C12H16N2O2S/c1-14-8-9(6-7-13)12-10(14)4-3-5-11(12)17(2,15)16/h3-5,8H,6-7,13H2,1-2H3. The molecule has 5 heteroatoms. The van der Waals surface area contributed by atoms with Gasteiger partial charge in [-0.3, -0.25) is 0 Å². The summed E-state index contributed by atoms with van der Waals surface area (Å²) in [6.07, 6.45) is 3.87. The lowest BCUT2D eigenvalue weighted by Crippen LogP contribution is -2.04. The number of nitrogens with zero attached hydrogens (tertiary/aromatic N) is 1. The summed E-state index contributed by atoms with van der Waals surface area (Å²) in [6, 6.07) is 5.34. The maximum absolute atomic E-state index is 11.8. The highest BCUT2D eigenvalue weighted by atomic mass is 32.2. The summed E-state index contributed by atoms with van der Waals surface area (Å²) >= 11 is 0. The molecular weight excluding hydrogens is 236 g/mol. The number of sulfone groups is 1. The fraction of sp³-hybridized carbons (Fsp3) is 0.333. The summed E-state index contributed by atoms with van der Waals surface area (Å²) in [5, 5.41) is 0.808. The van der Waals surface area contributed by atoms with Crippen LogP contribution in [0.5, 0.6) is 0 Å². The van der Waals surface area contributed by atoms with Gasteiger partial charge < -0.3 is 10.3 Å². The van der Waals surface area contributed by atoms with Gasteiger partial charge in [0.05, 0.1) is 4.90 Å². The molecule has 2 aromatic rings. The molecule has 0 aliphatic carbocycles. The fourth-order valence-electron chi connectivity index (χ4n) is 2.16. The van der Waals surface area contributed by atoms with Crippen LogP contribution in [0.15, 0.2) is 29.3 Å². The smallest absolute Gasteiger partial charge is 0.176 e. The molecule has 0 aliphatic rings. The summed E-state index contributed by atoms with van der Waals surface area (Å²) in [5.74, 6) is 0. The van der Waals surface area contributed by atoms with Crippen LogP contribution in [0.2, 0.25) is 0 Å². The number of aryl methyl sites for hydroxylation is 1. The van der Waals surface area contributed by atoms with Crippen molar-refractivity contribution < 1.29 is 8.42 Å². The number of rotatable bonds is 3. The molecule has 2 N–H and O–H groups in total. The first-order chi connectivity index (χ1) is 7.95. The molecule has 0 unspecified atom stereocenters. The molecule has 0 amide bonds. The van der Waals surface area contributed by atoms with Crippen molar-refractivity contribution in [3.63, 3.8) is 0 Å². The normalized spacial score (nSPS) is 12.2. The highest BCUT2D eigenvalue weighted by Gasteiger charge is 2.16.